The van der Waals surface area contributed by atoms with Crippen molar-refractivity contribution in [2.75, 3.05) is 49.1 Å². The maximum atomic E-state index is 13.0. The first-order valence-corrected chi connectivity index (χ1v) is 12.3. The number of non-ortho nitro benzene ring substituents is 1. The second kappa shape index (κ2) is 10.8. The van der Waals surface area contributed by atoms with Gasteiger partial charge in [0.2, 0.25) is 5.91 Å². The highest BCUT2D eigenvalue weighted by Crippen LogP contribution is 2.26. The molecule has 39 heavy (non-hydrogen) atoms. The van der Waals surface area contributed by atoms with Crippen molar-refractivity contribution in [1.29, 1.82) is 0 Å². The molecule has 4 heterocycles. The number of rotatable bonds is 7. The van der Waals surface area contributed by atoms with Crippen molar-refractivity contribution in [3.8, 4) is 11.1 Å². The number of benzene rings is 1. The molecule has 2 fully saturated rings. The number of amides is 3. The molecule has 1 atom stereocenters. The van der Waals surface area contributed by atoms with E-state index in [1.165, 1.54) is 30.2 Å². The third-order valence-corrected chi connectivity index (χ3v) is 6.61. The van der Waals surface area contributed by atoms with E-state index in [4.69, 9.17) is 9.15 Å². The molecular formula is C26H26N6O7. The Bertz CT molecular complexity index is 1380. The molecule has 1 aromatic carbocycles. The Labute approximate surface area is 223 Å². The Hall–Kier alpha value is -4.94. The number of aromatic nitrogens is 1. The van der Waals surface area contributed by atoms with Crippen LogP contribution < -0.4 is 15.1 Å². The first-order valence-electron chi connectivity index (χ1n) is 12.3. The lowest BCUT2D eigenvalue weighted by Crippen LogP contribution is -2.49. The molecule has 0 aliphatic carbocycles. The minimum Gasteiger partial charge on any atom is -0.459 e. The topological polar surface area (TPSA) is 151 Å². The Morgan fingerprint density at radius 3 is 2.49 bits per heavy atom. The molecule has 3 amide bonds. The molecule has 0 unspecified atom stereocenters. The highest BCUT2D eigenvalue weighted by molar-refractivity contribution is 5.93. The van der Waals surface area contributed by atoms with Gasteiger partial charge in [-0.3, -0.25) is 24.6 Å². The van der Waals surface area contributed by atoms with Crippen LogP contribution in [0, 0.1) is 10.1 Å². The van der Waals surface area contributed by atoms with E-state index in [-0.39, 0.29) is 29.8 Å². The summed E-state index contributed by atoms with van der Waals surface area (Å²) in [7, 11) is 0. The first kappa shape index (κ1) is 25.7. The molecule has 2 aliphatic rings. The van der Waals surface area contributed by atoms with Crippen molar-refractivity contribution in [2.24, 2.45) is 0 Å². The second-order valence-corrected chi connectivity index (χ2v) is 9.21. The van der Waals surface area contributed by atoms with Gasteiger partial charge in [0.15, 0.2) is 5.76 Å². The molecule has 5 rings (SSSR count). The minimum atomic E-state index is -0.485. The average Bonchev–Trinajstić information content (AvgIpc) is 3.59. The Morgan fingerprint density at radius 2 is 1.85 bits per heavy atom. The summed E-state index contributed by atoms with van der Waals surface area (Å²) in [4.78, 5) is 56.5. The molecule has 1 N–H and O–H groups in total. The van der Waals surface area contributed by atoms with E-state index in [1.807, 2.05) is 6.07 Å². The van der Waals surface area contributed by atoms with Crippen LogP contribution in [0.15, 0.2) is 59.3 Å². The number of anilines is 2. The van der Waals surface area contributed by atoms with E-state index in [1.54, 1.807) is 35.4 Å². The number of furan rings is 1. The normalized spacial score (nSPS) is 17.2. The Morgan fingerprint density at radius 1 is 1.10 bits per heavy atom. The first-order chi connectivity index (χ1) is 18.8. The van der Waals surface area contributed by atoms with Crippen LogP contribution in [0.1, 0.15) is 17.5 Å². The van der Waals surface area contributed by atoms with Crippen LogP contribution in [-0.4, -0.2) is 78.1 Å². The van der Waals surface area contributed by atoms with Crippen molar-refractivity contribution >= 4 is 35.1 Å². The van der Waals surface area contributed by atoms with Gasteiger partial charge in [-0.15, -0.1) is 0 Å². The van der Waals surface area contributed by atoms with Crippen LogP contribution >= 0.6 is 0 Å². The van der Waals surface area contributed by atoms with Crippen LogP contribution in [0.5, 0.6) is 0 Å². The van der Waals surface area contributed by atoms with Gasteiger partial charge in [-0.25, -0.2) is 9.78 Å². The number of piperazine rings is 1. The molecule has 13 heteroatoms. The number of carbonyl (C=O) groups excluding carboxylic acids is 3. The van der Waals surface area contributed by atoms with Gasteiger partial charge in [0, 0.05) is 50.8 Å². The zero-order valence-corrected chi connectivity index (χ0v) is 21.1. The third-order valence-electron chi connectivity index (χ3n) is 6.61. The molecule has 0 radical (unpaired) electrons. The van der Waals surface area contributed by atoms with Gasteiger partial charge >= 0.3 is 6.09 Å². The zero-order chi connectivity index (χ0) is 27.5. The van der Waals surface area contributed by atoms with Gasteiger partial charge < -0.3 is 24.3 Å². The highest BCUT2D eigenvalue weighted by atomic mass is 16.6. The summed E-state index contributed by atoms with van der Waals surface area (Å²) < 4.78 is 10.8. The summed E-state index contributed by atoms with van der Waals surface area (Å²) >= 11 is 0. The Balaban J connectivity index is 1.15. The quantitative estimate of drug-likeness (QED) is 0.356. The zero-order valence-electron chi connectivity index (χ0n) is 21.1. The molecule has 0 saturated carbocycles. The molecule has 202 valence electrons. The fraction of sp³-hybridized carbons (Fsp3) is 0.308. The van der Waals surface area contributed by atoms with Crippen LogP contribution in [0.25, 0.3) is 11.1 Å². The molecule has 0 bridgehead atoms. The number of hydrogen-bond donors (Lipinski definition) is 1. The Kier molecular flexibility index (Phi) is 7.12. The number of nitrogens with zero attached hydrogens (tertiary/aromatic N) is 5. The standard InChI is InChI=1S/C26H26N6O7/c1-17(33)27-14-22-15-31(26(35)39-22)21-6-7-24(28-13-21)29-8-10-30(11-9-29)25(34)23-12-19(16-38-23)18-2-4-20(5-3-18)32(36)37/h2-7,12-13,16,22H,8-11,14-15H2,1H3,(H,27,33)/t22-/m0/s1. The van der Waals surface area contributed by atoms with Crippen LogP contribution in [0.2, 0.25) is 0 Å². The van der Waals surface area contributed by atoms with Gasteiger partial charge in [-0.05, 0) is 35.9 Å². The van der Waals surface area contributed by atoms with Crippen molar-refractivity contribution in [1.82, 2.24) is 15.2 Å². The largest absolute Gasteiger partial charge is 0.459 e. The summed E-state index contributed by atoms with van der Waals surface area (Å²) in [5.41, 5.74) is 1.98. The summed E-state index contributed by atoms with van der Waals surface area (Å²) in [6.07, 6.45) is 2.17. The van der Waals surface area contributed by atoms with E-state index in [0.29, 0.717) is 49.5 Å². The number of nitro benzene ring substituents is 1. The molecule has 13 nitrogen and oxygen atoms in total. The van der Waals surface area contributed by atoms with E-state index >= 15 is 0 Å². The fourth-order valence-electron chi connectivity index (χ4n) is 4.49. The highest BCUT2D eigenvalue weighted by Gasteiger charge is 2.33. The van der Waals surface area contributed by atoms with Crippen LogP contribution in [0.4, 0.5) is 22.0 Å². The average molecular weight is 535 g/mol. The number of cyclic esters (lactones) is 1. The summed E-state index contributed by atoms with van der Waals surface area (Å²) in [5, 5.41) is 13.5. The van der Waals surface area contributed by atoms with E-state index in [9.17, 15) is 24.5 Å². The molecule has 0 spiro atoms. The fourth-order valence-corrected chi connectivity index (χ4v) is 4.49. The molecular weight excluding hydrogens is 508 g/mol. The number of hydrogen-bond acceptors (Lipinski definition) is 9. The van der Waals surface area contributed by atoms with Crippen molar-refractivity contribution < 1.29 is 28.5 Å². The summed E-state index contributed by atoms with van der Waals surface area (Å²) in [6.45, 7) is 4.06. The van der Waals surface area contributed by atoms with E-state index in [0.717, 1.165) is 5.82 Å². The van der Waals surface area contributed by atoms with Gasteiger partial charge in [-0.2, -0.15) is 0 Å². The lowest BCUT2D eigenvalue weighted by molar-refractivity contribution is -0.384. The molecule has 3 aromatic rings. The monoisotopic (exact) mass is 534 g/mol. The lowest BCUT2D eigenvalue weighted by Gasteiger charge is -2.35. The molecule has 2 aromatic heterocycles. The van der Waals surface area contributed by atoms with E-state index < -0.39 is 17.1 Å². The van der Waals surface area contributed by atoms with Gasteiger partial charge in [0.1, 0.15) is 11.9 Å². The van der Waals surface area contributed by atoms with Crippen LogP contribution in [0.3, 0.4) is 0 Å². The second-order valence-electron chi connectivity index (χ2n) is 9.21. The number of nitrogens with one attached hydrogen (secondary N) is 1. The molecule has 2 aliphatic heterocycles. The number of ether oxygens (including phenoxy) is 1. The third kappa shape index (κ3) is 5.66. The maximum Gasteiger partial charge on any atom is 0.414 e. The smallest absolute Gasteiger partial charge is 0.414 e. The van der Waals surface area contributed by atoms with Gasteiger partial charge in [0.25, 0.3) is 11.6 Å². The SMILES string of the molecule is CC(=O)NC[C@H]1CN(c2ccc(N3CCN(C(=O)c4cc(-c5ccc([N+](=O)[O-])cc5)co4)CC3)nc2)C(=O)O1. The van der Waals surface area contributed by atoms with Gasteiger partial charge in [-0.1, -0.05) is 0 Å². The summed E-state index contributed by atoms with van der Waals surface area (Å²) in [5.74, 6) is 0.515. The summed E-state index contributed by atoms with van der Waals surface area (Å²) in [6, 6.07) is 11.3. The number of pyridine rings is 1. The van der Waals surface area contributed by atoms with Crippen LogP contribution in [-0.2, 0) is 9.53 Å². The maximum absolute atomic E-state index is 13.0. The minimum absolute atomic E-state index is 0.00793. The van der Waals surface area contributed by atoms with E-state index in [2.05, 4.69) is 15.2 Å². The van der Waals surface area contributed by atoms with Crippen molar-refractivity contribution in [3.63, 3.8) is 0 Å². The molecule has 2 saturated heterocycles. The predicted molar refractivity (Wildman–Crippen MR) is 139 cm³/mol. The number of nitro groups is 1. The predicted octanol–water partition coefficient (Wildman–Crippen LogP) is 2.67. The van der Waals surface area contributed by atoms with Crippen molar-refractivity contribution in [3.05, 3.63) is 70.8 Å². The van der Waals surface area contributed by atoms with Crippen molar-refractivity contribution in [2.45, 2.75) is 13.0 Å². The number of carbonyl (C=O) groups is 3. The van der Waals surface area contributed by atoms with Gasteiger partial charge in [0.05, 0.1) is 36.2 Å². The lowest BCUT2D eigenvalue weighted by atomic mass is 10.1.